The largest absolute Gasteiger partial charge is 0.619 e. The third-order valence-corrected chi connectivity index (χ3v) is 5.89. The minimum absolute atomic E-state index is 0.139. The lowest BCUT2D eigenvalue weighted by Crippen LogP contribution is -2.46. The van der Waals surface area contributed by atoms with E-state index in [0.717, 1.165) is 30.5 Å². The van der Waals surface area contributed by atoms with Crippen molar-refractivity contribution in [2.45, 2.75) is 52.0 Å². The number of carbonyl (C=O) groups excluding carboxylic acids is 1. The molecule has 3 atom stereocenters. The average Bonchev–Trinajstić information content (AvgIpc) is 3.05. The van der Waals surface area contributed by atoms with Gasteiger partial charge in [0.25, 0.3) is 5.91 Å². The minimum Gasteiger partial charge on any atom is -0.619 e. The fourth-order valence-corrected chi connectivity index (χ4v) is 4.08. The van der Waals surface area contributed by atoms with E-state index >= 15 is 0 Å². The van der Waals surface area contributed by atoms with Crippen molar-refractivity contribution in [2.75, 3.05) is 6.61 Å². The Labute approximate surface area is 157 Å². The van der Waals surface area contributed by atoms with Gasteiger partial charge in [-0.1, -0.05) is 20.8 Å². The van der Waals surface area contributed by atoms with Crippen LogP contribution < -0.4 is 10.0 Å². The number of nitrogens with zero attached hydrogens (tertiary/aromatic N) is 4. The average molecular weight is 371 g/mol. The van der Waals surface area contributed by atoms with Gasteiger partial charge in [0, 0.05) is 11.5 Å². The molecule has 2 aromatic rings. The van der Waals surface area contributed by atoms with E-state index in [4.69, 9.17) is 0 Å². The molecule has 0 aliphatic heterocycles. The molecule has 2 aliphatic rings. The van der Waals surface area contributed by atoms with Gasteiger partial charge in [0.1, 0.15) is 0 Å². The SMILES string of the molecule is CC(C)(C)C(CO)NC(=O)c1nn(-c2c[n+]([O-])ccn2)c2c1C[C@H]1CC[C@@H]21. The first-order valence-corrected chi connectivity index (χ1v) is 9.38. The van der Waals surface area contributed by atoms with Gasteiger partial charge in [-0.05, 0) is 30.6 Å². The number of hydrogen-bond donors (Lipinski definition) is 2. The second kappa shape index (κ2) is 6.30. The molecule has 0 radical (unpaired) electrons. The molecule has 2 aliphatic carbocycles. The van der Waals surface area contributed by atoms with Crippen molar-refractivity contribution in [3.63, 3.8) is 0 Å². The van der Waals surface area contributed by atoms with Crippen molar-refractivity contribution in [3.05, 3.63) is 40.7 Å². The van der Waals surface area contributed by atoms with Gasteiger partial charge in [-0.25, -0.2) is 9.67 Å². The maximum atomic E-state index is 13.0. The minimum atomic E-state index is -0.373. The molecule has 0 spiro atoms. The van der Waals surface area contributed by atoms with E-state index in [1.54, 1.807) is 4.68 Å². The zero-order valence-corrected chi connectivity index (χ0v) is 15.8. The predicted molar refractivity (Wildman–Crippen MR) is 97.3 cm³/mol. The van der Waals surface area contributed by atoms with E-state index < -0.39 is 0 Å². The van der Waals surface area contributed by atoms with Crippen LogP contribution in [0.2, 0.25) is 0 Å². The molecular weight excluding hydrogens is 346 g/mol. The van der Waals surface area contributed by atoms with E-state index in [-0.39, 0.29) is 24.0 Å². The molecule has 0 aromatic carbocycles. The summed E-state index contributed by atoms with van der Waals surface area (Å²) in [5.41, 5.74) is 2.06. The maximum Gasteiger partial charge on any atom is 0.272 e. The predicted octanol–water partition coefficient (Wildman–Crippen LogP) is 1.09. The first-order valence-electron chi connectivity index (χ1n) is 9.38. The Balaban J connectivity index is 1.73. The zero-order chi connectivity index (χ0) is 19.3. The summed E-state index contributed by atoms with van der Waals surface area (Å²) in [6, 6.07) is -0.373. The smallest absolute Gasteiger partial charge is 0.272 e. The van der Waals surface area contributed by atoms with E-state index in [1.165, 1.54) is 18.6 Å². The first-order chi connectivity index (χ1) is 12.8. The van der Waals surface area contributed by atoms with Gasteiger partial charge in [-0.3, -0.25) is 4.79 Å². The van der Waals surface area contributed by atoms with Crippen LogP contribution in [-0.2, 0) is 6.42 Å². The Morgan fingerprint density at radius 2 is 2.26 bits per heavy atom. The molecule has 8 heteroatoms. The summed E-state index contributed by atoms with van der Waals surface area (Å²) < 4.78 is 2.35. The molecule has 1 saturated carbocycles. The van der Waals surface area contributed by atoms with Crippen LogP contribution in [0, 0.1) is 16.5 Å². The van der Waals surface area contributed by atoms with Crippen molar-refractivity contribution in [3.8, 4) is 5.82 Å². The third-order valence-electron chi connectivity index (χ3n) is 5.89. The lowest BCUT2D eigenvalue weighted by molar-refractivity contribution is -0.605. The van der Waals surface area contributed by atoms with Gasteiger partial charge in [0.05, 0.1) is 24.5 Å². The number of aliphatic hydroxyl groups is 1. The Kier molecular flexibility index (Phi) is 4.18. The molecule has 2 heterocycles. The lowest BCUT2D eigenvalue weighted by atomic mass is 9.75. The number of rotatable bonds is 4. The zero-order valence-electron chi connectivity index (χ0n) is 15.8. The molecule has 27 heavy (non-hydrogen) atoms. The summed E-state index contributed by atoms with van der Waals surface area (Å²) >= 11 is 0. The molecule has 8 nitrogen and oxygen atoms in total. The molecular formula is C19H25N5O3. The van der Waals surface area contributed by atoms with Crippen molar-refractivity contribution in [1.29, 1.82) is 0 Å². The summed E-state index contributed by atoms with van der Waals surface area (Å²) in [4.78, 5) is 17.2. The molecule has 1 fully saturated rings. The van der Waals surface area contributed by atoms with Gasteiger partial charge in [-0.15, -0.1) is 0 Å². The first kappa shape index (κ1) is 17.9. The number of amides is 1. The van der Waals surface area contributed by atoms with E-state index in [2.05, 4.69) is 15.4 Å². The van der Waals surface area contributed by atoms with Crippen LogP contribution in [0.25, 0.3) is 5.82 Å². The van der Waals surface area contributed by atoms with Crippen LogP contribution in [-0.4, -0.2) is 38.4 Å². The monoisotopic (exact) mass is 371 g/mol. The Morgan fingerprint density at radius 3 is 2.85 bits per heavy atom. The number of aromatic nitrogens is 4. The van der Waals surface area contributed by atoms with Crippen LogP contribution >= 0.6 is 0 Å². The number of hydrogen-bond acceptors (Lipinski definition) is 5. The molecule has 0 saturated heterocycles. The van der Waals surface area contributed by atoms with E-state index in [1.807, 2.05) is 20.8 Å². The summed E-state index contributed by atoms with van der Waals surface area (Å²) in [6.45, 7) is 5.77. The standard InChI is InChI=1S/C19H25N5O3/c1-19(2,3)14(10-25)21-18(26)16-13-8-11-4-5-12(11)17(13)24(22-16)15-9-23(27)7-6-20-15/h6-7,9,11-12,14,25H,4-5,8,10H2,1-3H3,(H,21,26)/t11-,12-,14?/m1/s1. The van der Waals surface area contributed by atoms with E-state index in [0.29, 0.717) is 28.1 Å². The van der Waals surface area contributed by atoms with Gasteiger partial charge >= 0.3 is 0 Å². The third kappa shape index (κ3) is 2.97. The highest BCUT2D eigenvalue weighted by Gasteiger charge is 2.45. The van der Waals surface area contributed by atoms with Gasteiger partial charge < -0.3 is 15.6 Å². The summed E-state index contributed by atoms with van der Waals surface area (Å²) in [6.07, 6.45) is 7.16. The molecule has 1 unspecified atom stereocenters. The second-order valence-electron chi connectivity index (χ2n) is 8.62. The molecule has 2 N–H and O–H groups in total. The quantitative estimate of drug-likeness (QED) is 0.618. The van der Waals surface area contributed by atoms with Gasteiger partial charge in [0.15, 0.2) is 11.9 Å². The van der Waals surface area contributed by atoms with Crippen LogP contribution in [0.15, 0.2) is 18.6 Å². The second-order valence-corrected chi connectivity index (χ2v) is 8.62. The summed E-state index contributed by atoms with van der Waals surface area (Å²) in [5, 5.41) is 28.8. The molecule has 0 bridgehead atoms. The topological polar surface area (TPSA) is 107 Å². The molecule has 4 rings (SSSR count). The van der Waals surface area contributed by atoms with E-state index in [9.17, 15) is 15.1 Å². The molecule has 1 amide bonds. The lowest BCUT2D eigenvalue weighted by Gasteiger charge is -2.31. The fourth-order valence-electron chi connectivity index (χ4n) is 4.08. The number of fused-ring (bicyclic) bond motifs is 3. The maximum absolute atomic E-state index is 13.0. The highest BCUT2D eigenvalue weighted by atomic mass is 16.5. The van der Waals surface area contributed by atoms with Gasteiger partial charge in [-0.2, -0.15) is 9.83 Å². The Bertz CT molecular complexity index is 886. The fraction of sp³-hybridized carbons (Fsp3) is 0.579. The van der Waals surface area contributed by atoms with Crippen LogP contribution in [0.3, 0.4) is 0 Å². The van der Waals surface area contributed by atoms with Crippen molar-refractivity contribution in [1.82, 2.24) is 20.1 Å². The van der Waals surface area contributed by atoms with Crippen molar-refractivity contribution < 1.29 is 14.6 Å². The highest BCUT2D eigenvalue weighted by molar-refractivity contribution is 5.94. The molecule has 2 aromatic heterocycles. The number of carbonyl (C=O) groups is 1. The Morgan fingerprint density at radius 1 is 1.48 bits per heavy atom. The number of aliphatic hydroxyl groups excluding tert-OH is 1. The normalized spacial score (nSPS) is 21.9. The van der Waals surface area contributed by atoms with Crippen molar-refractivity contribution >= 4 is 5.91 Å². The Hall–Kier alpha value is -2.48. The van der Waals surface area contributed by atoms with Gasteiger partial charge in [0.2, 0.25) is 12.0 Å². The summed E-state index contributed by atoms with van der Waals surface area (Å²) in [5.74, 6) is 1.04. The van der Waals surface area contributed by atoms with Crippen LogP contribution in [0.1, 0.15) is 61.3 Å². The molecule has 144 valence electrons. The van der Waals surface area contributed by atoms with Crippen LogP contribution in [0.4, 0.5) is 0 Å². The van der Waals surface area contributed by atoms with Crippen molar-refractivity contribution in [2.24, 2.45) is 11.3 Å². The number of nitrogens with one attached hydrogen (secondary N) is 1. The van der Waals surface area contributed by atoms with Crippen LogP contribution in [0.5, 0.6) is 0 Å². The highest BCUT2D eigenvalue weighted by Crippen LogP contribution is 2.52. The summed E-state index contributed by atoms with van der Waals surface area (Å²) in [7, 11) is 0.